The fraction of sp³-hybridized carbons (Fsp3) is 0.409. The quantitative estimate of drug-likeness (QED) is 0.564. The molecule has 1 aliphatic heterocycles. The van der Waals surface area contributed by atoms with Crippen molar-refractivity contribution in [3.05, 3.63) is 53.3 Å². The molecule has 2 aromatic carbocycles. The minimum Gasteiger partial charge on any atom is -0.370 e. The number of piperidine rings is 1. The van der Waals surface area contributed by atoms with Gasteiger partial charge < -0.3 is 14.9 Å². The Morgan fingerprint density at radius 2 is 1.72 bits per heavy atom. The molecule has 5 nitrogen and oxygen atoms in total. The smallest absolute Gasteiger partial charge is 0.370 e. The molecule has 2 unspecified atom stereocenters. The van der Waals surface area contributed by atoms with Gasteiger partial charge in [-0.25, -0.2) is 8.60 Å². The standard InChI is InChI=1S/C22H25F4N3O2S/c1-14(15-6-8-18(17(23)12-15)28-32(2)31)21(30)27-19-9-7-16(22(24,25)26)13-20(19)29-10-4-3-5-11-29/h6-9,12-14,28H,3-5,10-11H2,1-2H3,(H,27,30). The molecule has 1 fully saturated rings. The molecule has 1 aliphatic rings. The molecule has 0 spiro atoms. The molecule has 0 aliphatic carbocycles. The molecule has 1 amide bonds. The number of hydrogen-bond donors (Lipinski definition) is 2. The number of carbonyl (C=O) groups excluding carboxylic acids is 1. The van der Waals surface area contributed by atoms with Crippen molar-refractivity contribution in [3.8, 4) is 0 Å². The fourth-order valence-corrected chi connectivity index (χ4v) is 4.12. The third-order valence-electron chi connectivity index (χ3n) is 5.42. The molecule has 3 rings (SSSR count). The largest absolute Gasteiger partial charge is 0.416 e. The molecule has 2 N–H and O–H groups in total. The number of alkyl halides is 3. The number of rotatable bonds is 6. The minimum atomic E-state index is -4.49. The van der Waals surface area contributed by atoms with Crippen molar-refractivity contribution in [1.82, 2.24) is 0 Å². The number of nitrogens with zero attached hydrogens (tertiary/aromatic N) is 1. The number of hydrogen-bond acceptors (Lipinski definition) is 3. The van der Waals surface area contributed by atoms with Crippen LogP contribution in [0.4, 0.5) is 34.6 Å². The van der Waals surface area contributed by atoms with Gasteiger partial charge in [0.1, 0.15) is 16.8 Å². The van der Waals surface area contributed by atoms with Gasteiger partial charge in [-0.1, -0.05) is 6.07 Å². The van der Waals surface area contributed by atoms with Crippen LogP contribution < -0.4 is 14.9 Å². The van der Waals surface area contributed by atoms with E-state index in [4.69, 9.17) is 0 Å². The van der Waals surface area contributed by atoms with E-state index in [1.807, 2.05) is 4.90 Å². The summed E-state index contributed by atoms with van der Waals surface area (Å²) in [4.78, 5) is 14.7. The van der Waals surface area contributed by atoms with E-state index in [2.05, 4.69) is 10.0 Å². The first-order chi connectivity index (χ1) is 15.1. The van der Waals surface area contributed by atoms with Crippen LogP contribution in [0.3, 0.4) is 0 Å². The van der Waals surface area contributed by atoms with Crippen molar-refractivity contribution >= 4 is 34.0 Å². The van der Waals surface area contributed by atoms with Gasteiger partial charge in [-0.15, -0.1) is 0 Å². The molecule has 1 heterocycles. The summed E-state index contributed by atoms with van der Waals surface area (Å²) >= 11 is 0. The molecule has 0 bridgehead atoms. The van der Waals surface area contributed by atoms with E-state index in [0.29, 0.717) is 24.3 Å². The van der Waals surface area contributed by atoms with E-state index in [9.17, 15) is 26.6 Å². The zero-order valence-electron chi connectivity index (χ0n) is 17.8. The van der Waals surface area contributed by atoms with Crippen LogP contribution in [0.25, 0.3) is 0 Å². The Balaban J connectivity index is 1.84. The van der Waals surface area contributed by atoms with Crippen molar-refractivity contribution in [3.63, 3.8) is 0 Å². The summed E-state index contributed by atoms with van der Waals surface area (Å²) in [5.74, 6) is -1.88. The lowest BCUT2D eigenvalue weighted by molar-refractivity contribution is -0.137. The molecule has 1 saturated heterocycles. The van der Waals surface area contributed by atoms with E-state index >= 15 is 0 Å². The summed E-state index contributed by atoms with van der Waals surface area (Å²) in [6, 6.07) is 7.39. The van der Waals surface area contributed by atoms with E-state index < -0.39 is 40.4 Å². The summed E-state index contributed by atoms with van der Waals surface area (Å²) in [7, 11) is -1.45. The maximum atomic E-state index is 14.3. The van der Waals surface area contributed by atoms with Crippen LogP contribution in [0, 0.1) is 5.82 Å². The molecular weight excluding hydrogens is 446 g/mol. The Bertz CT molecular complexity index is 1010. The van der Waals surface area contributed by atoms with Crippen molar-refractivity contribution < 1.29 is 26.6 Å². The van der Waals surface area contributed by atoms with Crippen LogP contribution in [0.2, 0.25) is 0 Å². The maximum absolute atomic E-state index is 14.3. The molecule has 174 valence electrons. The Hall–Kier alpha value is -2.62. The fourth-order valence-electron chi connectivity index (χ4n) is 3.64. The van der Waals surface area contributed by atoms with Crippen molar-refractivity contribution in [1.29, 1.82) is 0 Å². The Kier molecular flexibility index (Phi) is 7.43. The average Bonchev–Trinajstić information content (AvgIpc) is 2.74. The van der Waals surface area contributed by atoms with Gasteiger partial charge in [-0.2, -0.15) is 13.2 Å². The van der Waals surface area contributed by atoms with Gasteiger partial charge in [0.2, 0.25) is 5.91 Å². The average molecular weight is 472 g/mol. The van der Waals surface area contributed by atoms with Crippen LogP contribution in [0.15, 0.2) is 36.4 Å². The van der Waals surface area contributed by atoms with Crippen LogP contribution in [-0.4, -0.2) is 29.5 Å². The number of nitrogens with one attached hydrogen (secondary N) is 2. The Labute approximate surface area is 186 Å². The molecule has 0 radical (unpaired) electrons. The highest BCUT2D eigenvalue weighted by Gasteiger charge is 2.32. The molecule has 32 heavy (non-hydrogen) atoms. The lowest BCUT2D eigenvalue weighted by Gasteiger charge is -2.31. The second kappa shape index (κ2) is 9.89. The summed E-state index contributed by atoms with van der Waals surface area (Å²) < 4.78 is 67.8. The number of anilines is 3. The first-order valence-electron chi connectivity index (χ1n) is 10.2. The molecule has 10 heteroatoms. The Morgan fingerprint density at radius 3 is 2.31 bits per heavy atom. The van der Waals surface area contributed by atoms with E-state index in [0.717, 1.165) is 31.4 Å². The van der Waals surface area contributed by atoms with Crippen LogP contribution in [0.1, 0.15) is 43.2 Å². The van der Waals surface area contributed by atoms with Gasteiger partial charge in [-0.3, -0.25) is 4.79 Å². The molecule has 2 atom stereocenters. The SMILES string of the molecule is CC(C(=O)Nc1ccc(C(F)(F)F)cc1N1CCCCC1)c1ccc(NS(C)=O)c(F)c1. The predicted octanol–water partition coefficient (Wildman–Crippen LogP) is 5.28. The summed E-state index contributed by atoms with van der Waals surface area (Å²) in [6.45, 7) is 2.80. The second-order valence-corrected chi connectivity index (χ2v) is 8.90. The molecule has 0 aromatic heterocycles. The van der Waals surface area contributed by atoms with Gasteiger partial charge in [0.15, 0.2) is 0 Å². The van der Waals surface area contributed by atoms with Crippen LogP contribution in [0.5, 0.6) is 0 Å². The van der Waals surface area contributed by atoms with Gasteiger partial charge in [0, 0.05) is 19.3 Å². The Morgan fingerprint density at radius 1 is 1.06 bits per heavy atom. The third kappa shape index (κ3) is 5.79. The lowest BCUT2D eigenvalue weighted by Crippen LogP contribution is -2.31. The summed E-state index contributed by atoms with van der Waals surface area (Å²) in [5, 5.41) is 2.72. The normalized spacial score (nSPS) is 16.4. The van der Waals surface area contributed by atoms with Crippen LogP contribution in [-0.2, 0) is 22.0 Å². The van der Waals surface area contributed by atoms with E-state index in [1.54, 1.807) is 13.0 Å². The zero-order valence-corrected chi connectivity index (χ0v) is 18.6. The highest BCUT2D eigenvalue weighted by Crippen LogP contribution is 2.37. The van der Waals surface area contributed by atoms with Gasteiger partial charge in [-0.05, 0) is 62.1 Å². The van der Waals surface area contributed by atoms with Gasteiger partial charge in [0.25, 0.3) is 0 Å². The minimum absolute atomic E-state index is 0.0531. The summed E-state index contributed by atoms with van der Waals surface area (Å²) in [6.07, 6.45) is -0.385. The highest BCUT2D eigenvalue weighted by atomic mass is 32.2. The van der Waals surface area contributed by atoms with E-state index in [1.165, 1.54) is 24.5 Å². The predicted molar refractivity (Wildman–Crippen MR) is 119 cm³/mol. The number of halogens is 4. The van der Waals surface area contributed by atoms with Gasteiger partial charge in [0.05, 0.1) is 28.5 Å². The monoisotopic (exact) mass is 471 g/mol. The second-order valence-electron chi connectivity index (χ2n) is 7.78. The van der Waals surface area contributed by atoms with Crippen LogP contribution >= 0.6 is 0 Å². The maximum Gasteiger partial charge on any atom is 0.416 e. The lowest BCUT2D eigenvalue weighted by atomic mass is 9.99. The highest BCUT2D eigenvalue weighted by molar-refractivity contribution is 7.85. The summed E-state index contributed by atoms with van der Waals surface area (Å²) in [5.41, 5.74) is 0.284. The van der Waals surface area contributed by atoms with Crippen molar-refractivity contribution in [2.75, 3.05) is 34.3 Å². The zero-order chi connectivity index (χ0) is 23.5. The topological polar surface area (TPSA) is 61.4 Å². The van der Waals surface area contributed by atoms with Gasteiger partial charge >= 0.3 is 6.18 Å². The van der Waals surface area contributed by atoms with Crippen molar-refractivity contribution in [2.24, 2.45) is 0 Å². The third-order valence-corrected chi connectivity index (χ3v) is 5.93. The number of benzene rings is 2. The molecular formula is C22H25F4N3O2S. The number of carbonyl (C=O) groups is 1. The first-order valence-corrected chi connectivity index (χ1v) is 11.8. The van der Waals surface area contributed by atoms with Crippen molar-refractivity contribution in [2.45, 2.75) is 38.3 Å². The molecule has 0 saturated carbocycles. The first kappa shape index (κ1) is 24.0. The van der Waals surface area contributed by atoms with E-state index in [-0.39, 0.29) is 11.4 Å². The number of amides is 1. The molecule has 2 aromatic rings.